The normalized spacial score (nSPS) is 13.1. The fourth-order valence-corrected chi connectivity index (χ4v) is 3.90. The average Bonchev–Trinajstić information content (AvgIpc) is 2.58. The monoisotopic (exact) mass is 368 g/mol. The molecule has 1 rings (SSSR count). The molecule has 0 aliphatic carbocycles. The Bertz CT molecular complexity index is 629. The van der Waals surface area contributed by atoms with Crippen molar-refractivity contribution < 1.29 is 15.3 Å². The van der Waals surface area contributed by atoms with Crippen LogP contribution in [0.2, 0.25) is 0 Å². The van der Waals surface area contributed by atoms with E-state index < -0.39 is 13.4 Å². The van der Waals surface area contributed by atoms with Crippen molar-refractivity contribution in [2.24, 2.45) is 0 Å². The van der Waals surface area contributed by atoms with Crippen molar-refractivity contribution in [2.45, 2.75) is 53.3 Å². The zero-order valence-electron chi connectivity index (χ0n) is 16.1. The van der Waals surface area contributed by atoms with E-state index in [1.807, 2.05) is 27.7 Å². The van der Waals surface area contributed by atoms with Crippen molar-refractivity contribution in [2.75, 3.05) is 13.2 Å². The lowest BCUT2D eigenvalue weighted by Gasteiger charge is -2.35. The predicted molar refractivity (Wildman–Crippen MR) is 99.1 cm³/mol. The molecule has 0 bridgehead atoms. The van der Waals surface area contributed by atoms with Crippen molar-refractivity contribution in [1.29, 1.82) is 0 Å². The van der Waals surface area contributed by atoms with Crippen LogP contribution in [0.3, 0.4) is 0 Å². The summed E-state index contributed by atoms with van der Waals surface area (Å²) < 4.78 is 21.2. The highest BCUT2D eigenvalue weighted by Gasteiger charge is 2.27. The molecule has 0 radical (unpaired) electrons. The molecule has 1 aromatic rings. The molecule has 1 aromatic carbocycles. The summed E-state index contributed by atoms with van der Waals surface area (Å²) >= 11 is 0. The SMILES string of the molecule is [2H]Cc1ccc(COP(OCC[N+]#[C-])N(C(C)C)C(C)C)cc1[N+](=O)[O-]. The molecule has 138 valence electrons. The van der Waals surface area contributed by atoms with Gasteiger partial charge in [-0.3, -0.25) is 10.1 Å². The van der Waals surface area contributed by atoms with Crippen molar-refractivity contribution in [1.82, 2.24) is 4.67 Å². The second-order valence-corrected chi connectivity index (χ2v) is 7.47. The van der Waals surface area contributed by atoms with Gasteiger partial charge in [0.2, 0.25) is 6.54 Å². The maximum Gasteiger partial charge on any atom is 0.272 e. The van der Waals surface area contributed by atoms with Crippen molar-refractivity contribution in [3.8, 4) is 0 Å². The highest BCUT2D eigenvalue weighted by atomic mass is 31.2. The first kappa shape index (κ1) is 19.7. The summed E-state index contributed by atoms with van der Waals surface area (Å²) in [7, 11) is -1.39. The number of hydrogen-bond donors (Lipinski definition) is 0. The van der Waals surface area contributed by atoms with Gasteiger partial charge in [0.05, 0.1) is 11.5 Å². The van der Waals surface area contributed by atoms with Crippen molar-refractivity contribution >= 4 is 14.2 Å². The number of aryl methyl sites for hydroxylation is 1. The first-order valence-corrected chi connectivity index (χ1v) is 9.17. The number of nitro groups is 1. The third-order valence-corrected chi connectivity index (χ3v) is 5.39. The van der Waals surface area contributed by atoms with Crippen LogP contribution < -0.4 is 0 Å². The van der Waals surface area contributed by atoms with Crippen LogP contribution in [-0.4, -0.2) is 34.8 Å². The van der Waals surface area contributed by atoms with Crippen LogP contribution in [0.5, 0.6) is 0 Å². The lowest BCUT2D eigenvalue weighted by Crippen LogP contribution is -2.33. The molecule has 1 atom stereocenters. The Kier molecular flexibility index (Phi) is 8.23. The summed E-state index contributed by atoms with van der Waals surface area (Å²) in [6.07, 6.45) is 0. The van der Waals surface area contributed by atoms with Gasteiger partial charge in [-0.1, -0.05) is 12.1 Å². The third-order valence-electron chi connectivity index (χ3n) is 3.34. The van der Waals surface area contributed by atoms with Gasteiger partial charge in [0.1, 0.15) is 6.61 Å². The van der Waals surface area contributed by atoms with Crippen LogP contribution in [0, 0.1) is 23.6 Å². The molecule has 25 heavy (non-hydrogen) atoms. The Labute approximate surface area is 152 Å². The zero-order valence-corrected chi connectivity index (χ0v) is 16.0. The quantitative estimate of drug-likeness (QED) is 0.197. The molecular formula is C17H26N3O4P. The smallest absolute Gasteiger partial charge is 0.272 e. The maximum atomic E-state index is 11.2. The van der Waals surface area contributed by atoms with Gasteiger partial charge >= 0.3 is 0 Å². The second-order valence-electron chi connectivity index (χ2n) is 6.01. The Hall–Kier alpha value is -1.58. The lowest BCUT2D eigenvalue weighted by molar-refractivity contribution is -0.385. The summed E-state index contributed by atoms with van der Waals surface area (Å²) in [6.45, 7) is 15.6. The summed E-state index contributed by atoms with van der Waals surface area (Å²) in [5, 5.41) is 11.2. The third kappa shape index (κ3) is 6.68. The van der Waals surface area contributed by atoms with E-state index in [9.17, 15) is 10.1 Å². The molecule has 8 heteroatoms. The highest BCUT2D eigenvalue weighted by Crippen LogP contribution is 2.46. The van der Waals surface area contributed by atoms with Gasteiger partial charge in [-0.05, 0) is 40.2 Å². The standard InChI is InChI=1S/C17H26N3O4P/c1-13(2)19(14(3)4)25(23-10-9-18-6)24-12-16-8-7-15(5)17(11-16)20(21)22/h7-8,11,13-14H,9-10,12H2,1-5H3/i5D. The number of hydrogen-bond acceptors (Lipinski definition) is 5. The molecule has 0 aliphatic heterocycles. The van der Waals surface area contributed by atoms with Gasteiger partial charge in [0, 0.05) is 25.1 Å². The molecule has 0 N–H and O–H groups in total. The number of nitrogens with zero attached hydrogens (tertiary/aromatic N) is 3. The van der Waals surface area contributed by atoms with Gasteiger partial charge in [0.25, 0.3) is 14.2 Å². The predicted octanol–water partition coefficient (Wildman–Crippen LogP) is 4.70. The molecule has 0 aromatic heterocycles. The average molecular weight is 368 g/mol. The molecule has 1 unspecified atom stereocenters. The van der Waals surface area contributed by atoms with E-state index in [0.29, 0.717) is 11.1 Å². The molecule has 7 nitrogen and oxygen atoms in total. The summed E-state index contributed by atoms with van der Waals surface area (Å²) in [5.41, 5.74) is 0.965. The first-order valence-electron chi connectivity index (χ1n) is 8.75. The minimum absolute atomic E-state index is 0.0658. The van der Waals surface area contributed by atoms with Gasteiger partial charge in [-0.2, -0.15) is 0 Å². The first-order chi connectivity index (χ1) is 12.3. The molecule has 0 saturated carbocycles. The van der Waals surface area contributed by atoms with E-state index in [2.05, 4.69) is 9.52 Å². The van der Waals surface area contributed by atoms with E-state index >= 15 is 0 Å². The van der Waals surface area contributed by atoms with Crippen LogP contribution in [0.15, 0.2) is 18.2 Å². The molecule has 0 aliphatic rings. The molecular weight excluding hydrogens is 341 g/mol. The van der Waals surface area contributed by atoms with E-state index in [1.165, 1.54) is 6.07 Å². The van der Waals surface area contributed by atoms with Gasteiger partial charge < -0.3 is 13.9 Å². The highest BCUT2D eigenvalue weighted by molar-refractivity contribution is 7.44. The fraction of sp³-hybridized carbons (Fsp3) is 0.588. The van der Waals surface area contributed by atoms with E-state index in [1.54, 1.807) is 12.1 Å². The maximum absolute atomic E-state index is 11.2. The van der Waals surface area contributed by atoms with Crippen molar-refractivity contribution in [3.63, 3.8) is 0 Å². The molecule has 0 spiro atoms. The molecule has 0 saturated heterocycles. The molecule has 0 amide bonds. The van der Waals surface area contributed by atoms with Crippen molar-refractivity contribution in [3.05, 3.63) is 50.9 Å². The van der Waals surface area contributed by atoms with E-state index in [0.717, 1.165) is 0 Å². The summed E-state index contributed by atoms with van der Waals surface area (Å²) in [4.78, 5) is 14.0. The molecule has 0 fully saturated rings. The number of benzene rings is 1. The zero-order chi connectivity index (χ0) is 19.7. The molecule has 0 heterocycles. The number of rotatable bonds is 10. The Morgan fingerprint density at radius 2 is 2.04 bits per heavy atom. The Balaban J connectivity index is 2.93. The largest absolute Gasteiger partial charge is 0.317 e. The Morgan fingerprint density at radius 3 is 2.56 bits per heavy atom. The number of nitro benzene ring substituents is 1. The van der Waals surface area contributed by atoms with E-state index in [4.69, 9.17) is 17.0 Å². The van der Waals surface area contributed by atoms with Crippen LogP contribution in [0.25, 0.3) is 4.85 Å². The fourth-order valence-electron chi connectivity index (χ4n) is 2.31. The van der Waals surface area contributed by atoms with Gasteiger partial charge in [0.15, 0.2) is 0 Å². The van der Waals surface area contributed by atoms with E-state index in [-0.39, 0.29) is 44.4 Å². The van der Waals surface area contributed by atoms with Gasteiger partial charge in [-0.15, -0.1) is 0 Å². The van der Waals surface area contributed by atoms with Crippen LogP contribution in [0.1, 0.15) is 40.2 Å². The van der Waals surface area contributed by atoms with Crippen LogP contribution >= 0.6 is 8.53 Å². The van der Waals surface area contributed by atoms with Crippen LogP contribution in [-0.2, 0) is 15.7 Å². The minimum atomic E-state index is -1.39. The van der Waals surface area contributed by atoms with Crippen LogP contribution in [0.4, 0.5) is 5.69 Å². The minimum Gasteiger partial charge on any atom is -0.317 e. The van der Waals surface area contributed by atoms with Gasteiger partial charge in [-0.25, -0.2) is 11.2 Å². The second kappa shape index (κ2) is 10.4. The lowest BCUT2D eigenvalue weighted by atomic mass is 10.1. The summed E-state index contributed by atoms with van der Waals surface area (Å²) in [5.74, 6) is 0. The topological polar surface area (TPSA) is 69.2 Å². The Morgan fingerprint density at radius 1 is 1.36 bits per heavy atom. The summed E-state index contributed by atoms with van der Waals surface area (Å²) in [6, 6.07) is 5.15.